The first kappa shape index (κ1) is 17.0. The van der Waals surface area contributed by atoms with Gasteiger partial charge in [-0.25, -0.2) is 9.67 Å². The highest BCUT2D eigenvalue weighted by Crippen LogP contribution is 2.18. The fourth-order valence-electron chi connectivity index (χ4n) is 3.91. The largest absolute Gasteiger partial charge is 0.333 e. The van der Waals surface area contributed by atoms with Crippen LogP contribution in [0.4, 0.5) is 0 Å². The van der Waals surface area contributed by atoms with Crippen LogP contribution in [0.15, 0.2) is 35.5 Å². The van der Waals surface area contributed by atoms with Crippen molar-refractivity contribution in [2.24, 2.45) is 0 Å². The molecule has 0 atom stereocenters. The number of fused-ring (bicyclic) bond motifs is 1. The van der Waals surface area contributed by atoms with Crippen LogP contribution in [0.3, 0.4) is 0 Å². The summed E-state index contributed by atoms with van der Waals surface area (Å²) in [4.78, 5) is 19.0. The molecule has 1 aliphatic rings. The van der Waals surface area contributed by atoms with E-state index in [1.807, 2.05) is 6.07 Å². The highest BCUT2D eigenvalue weighted by Gasteiger charge is 2.16. The van der Waals surface area contributed by atoms with Crippen molar-refractivity contribution in [3.8, 4) is 5.69 Å². The van der Waals surface area contributed by atoms with Crippen LogP contribution >= 0.6 is 0 Å². The van der Waals surface area contributed by atoms with Gasteiger partial charge in [0.1, 0.15) is 11.7 Å². The van der Waals surface area contributed by atoms with Gasteiger partial charge in [0, 0.05) is 0 Å². The Labute approximate surface area is 153 Å². The number of hydrogen-bond acceptors (Lipinski definition) is 3. The number of likely N-dealkylation sites (tertiary alicyclic amines) is 1. The van der Waals surface area contributed by atoms with Gasteiger partial charge in [-0.2, -0.15) is 5.10 Å². The summed E-state index contributed by atoms with van der Waals surface area (Å²) in [7, 11) is 0. The van der Waals surface area contributed by atoms with E-state index >= 15 is 0 Å². The number of piperidine rings is 1. The first-order chi connectivity index (χ1) is 12.6. The highest BCUT2D eigenvalue weighted by atomic mass is 16.1. The zero-order valence-electron chi connectivity index (χ0n) is 15.5. The van der Waals surface area contributed by atoms with Crippen LogP contribution in [0, 0.1) is 13.8 Å². The average Bonchev–Trinajstić information content (AvgIpc) is 3.07. The van der Waals surface area contributed by atoms with Crippen LogP contribution in [0.25, 0.3) is 16.7 Å². The van der Waals surface area contributed by atoms with E-state index in [2.05, 4.69) is 36.1 Å². The van der Waals surface area contributed by atoms with E-state index < -0.39 is 0 Å². The Hall–Kier alpha value is -2.47. The summed E-state index contributed by atoms with van der Waals surface area (Å²) in [6.07, 6.45) is 7.26. The number of rotatable bonds is 4. The fraction of sp³-hybridized carbons (Fsp3) is 0.450. The third kappa shape index (κ3) is 3.17. The quantitative estimate of drug-likeness (QED) is 0.769. The van der Waals surface area contributed by atoms with Gasteiger partial charge >= 0.3 is 0 Å². The molecule has 3 heterocycles. The fourth-order valence-corrected chi connectivity index (χ4v) is 3.91. The van der Waals surface area contributed by atoms with Gasteiger partial charge in [-0.05, 0) is 44.7 Å². The van der Waals surface area contributed by atoms with Gasteiger partial charge in [0.15, 0.2) is 5.65 Å². The molecule has 136 valence electrons. The van der Waals surface area contributed by atoms with E-state index in [9.17, 15) is 4.79 Å². The lowest BCUT2D eigenvalue weighted by Crippen LogP contribution is -3.13. The summed E-state index contributed by atoms with van der Waals surface area (Å²) in [5.41, 5.74) is 3.92. The molecule has 0 amide bonds. The SMILES string of the molecule is Cc1ccc(-n2ncc3c(=O)n(CC[NH+]4CCCCC4)cnc32)c(C)c1. The summed E-state index contributed by atoms with van der Waals surface area (Å²) in [6, 6.07) is 6.20. The average molecular weight is 352 g/mol. The molecule has 0 radical (unpaired) electrons. The van der Waals surface area contributed by atoms with E-state index in [4.69, 9.17) is 0 Å². The molecule has 6 heteroatoms. The zero-order chi connectivity index (χ0) is 18.1. The van der Waals surface area contributed by atoms with Gasteiger partial charge in [0.25, 0.3) is 5.56 Å². The summed E-state index contributed by atoms with van der Waals surface area (Å²) < 4.78 is 3.50. The Balaban J connectivity index is 1.63. The van der Waals surface area contributed by atoms with E-state index in [0.717, 1.165) is 17.8 Å². The molecule has 2 aromatic heterocycles. The van der Waals surface area contributed by atoms with Crippen LogP contribution in [0.2, 0.25) is 0 Å². The van der Waals surface area contributed by atoms with Crippen molar-refractivity contribution in [2.75, 3.05) is 19.6 Å². The molecule has 0 aliphatic carbocycles. The topological polar surface area (TPSA) is 57.1 Å². The molecule has 26 heavy (non-hydrogen) atoms. The molecule has 0 spiro atoms. The molecule has 1 saturated heterocycles. The Morgan fingerprint density at radius 2 is 1.96 bits per heavy atom. The van der Waals surface area contributed by atoms with Crippen molar-refractivity contribution in [1.29, 1.82) is 0 Å². The minimum absolute atomic E-state index is 0.00224. The monoisotopic (exact) mass is 352 g/mol. The number of quaternary nitrogens is 1. The standard InChI is InChI=1S/C20H25N5O/c1-15-6-7-18(16(2)12-15)25-19-17(13-22-25)20(26)24(14-21-19)11-10-23-8-4-3-5-9-23/h6-7,12-14H,3-5,8-11H2,1-2H3/p+1. The molecule has 3 aromatic rings. The molecule has 1 aromatic carbocycles. The van der Waals surface area contributed by atoms with E-state index in [1.54, 1.807) is 26.7 Å². The maximum absolute atomic E-state index is 12.8. The zero-order valence-corrected chi connectivity index (χ0v) is 15.5. The number of aromatic nitrogens is 4. The minimum Gasteiger partial charge on any atom is -0.333 e. The van der Waals surface area contributed by atoms with Crippen LogP contribution in [0.1, 0.15) is 30.4 Å². The molecular formula is C20H26N5O+. The number of hydrogen-bond donors (Lipinski definition) is 1. The van der Waals surface area contributed by atoms with Crippen LogP contribution < -0.4 is 10.5 Å². The van der Waals surface area contributed by atoms with E-state index in [0.29, 0.717) is 17.6 Å². The second-order valence-corrected chi connectivity index (χ2v) is 7.39. The second-order valence-electron chi connectivity index (χ2n) is 7.39. The van der Waals surface area contributed by atoms with Crippen LogP contribution in [-0.4, -0.2) is 39.0 Å². The van der Waals surface area contributed by atoms with Gasteiger partial charge in [-0.3, -0.25) is 9.36 Å². The Morgan fingerprint density at radius 3 is 2.73 bits per heavy atom. The smallest absolute Gasteiger partial charge is 0.264 e. The lowest BCUT2D eigenvalue weighted by molar-refractivity contribution is -0.905. The third-order valence-corrected chi connectivity index (χ3v) is 5.40. The normalized spacial score (nSPS) is 15.6. The van der Waals surface area contributed by atoms with Gasteiger partial charge < -0.3 is 4.90 Å². The predicted molar refractivity (Wildman–Crippen MR) is 102 cm³/mol. The Kier molecular flexibility index (Phi) is 4.59. The highest BCUT2D eigenvalue weighted by molar-refractivity contribution is 5.75. The molecule has 0 bridgehead atoms. The second kappa shape index (κ2) is 7.03. The van der Waals surface area contributed by atoms with Crippen molar-refractivity contribution in [3.05, 3.63) is 52.2 Å². The van der Waals surface area contributed by atoms with Gasteiger partial charge in [0.05, 0.1) is 38.1 Å². The summed E-state index contributed by atoms with van der Waals surface area (Å²) in [5, 5.41) is 5.03. The number of aryl methyl sites for hydroxylation is 2. The third-order valence-electron chi connectivity index (χ3n) is 5.40. The summed E-state index contributed by atoms with van der Waals surface area (Å²) in [6.45, 7) is 8.26. The molecule has 1 N–H and O–H groups in total. The minimum atomic E-state index is 0.00224. The van der Waals surface area contributed by atoms with E-state index in [1.165, 1.54) is 37.9 Å². The summed E-state index contributed by atoms with van der Waals surface area (Å²) >= 11 is 0. The number of nitrogens with zero attached hydrogens (tertiary/aromatic N) is 4. The van der Waals surface area contributed by atoms with Crippen LogP contribution in [-0.2, 0) is 6.54 Å². The Morgan fingerprint density at radius 1 is 1.15 bits per heavy atom. The Bertz CT molecular complexity index is 982. The first-order valence-corrected chi connectivity index (χ1v) is 9.48. The van der Waals surface area contributed by atoms with Crippen molar-refractivity contribution in [3.63, 3.8) is 0 Å². The predicted octanol–water partition coefficient (Wildman–Crippen LogP) is 1.27. The lowest BCUT2D eigenvalue weighted by atomic mass is 10.1. The lowest BCUT2D eigenvalue weighted by Gasteiger charge is -2.23. The molecule has 6 nitrogen and oxygen atoms in total. The van der Waals surface area contributed by atoms with Crippen molar-refractivity contribution < 1.29 is 4.90 Å². The van der Waals surface area contributed by atoms with Crippen molar-refractivity contribution >= 4 is 11.0 Å². The van der Waals surface area contributed by atoms with Gasteiger partial charge in [-0.1, -0.05) is 17.7 Å². The summed E-state index contributed by atoms with van der Waals surface area (Å²) in [5.74, 6) is 0. The molecule has 0 saturated carbocycles. The molecule has 1 fully saturated rings. The molecule has 4 rings (SSSR count). The van der Waals surface area contributed by atoms with Gasteiger partial charge in [0.2, 0.25) is 0 Å². The van der Waals surface area contributed by atoms with Crippen molar-refractivity contribution in [1.82, 2.24) is 19.3 Å². The number of nitrogens with one attached hydrogen (secondary N) is 1. The number of benzene rings is 1. The van der Waals surface area contributed by atoms with E-state index in [-0.39, 0.29) is 5.56 Å². The first-order valence-electron chi connectivity index (χ1n) is 9.48. The molecular weight excluding hydrogens is 326 g/mol. The maximum atomic E-state index is 12.8. The van der Waals surface area contributed by atoms with Crippen molar-refractivity contribution in [2.45, 2.75) is 39.7 Å². The molecule has 0 unspecified atom stereocenters. The van der Waals surface area contributed by atoms with Crippen LogP contribution in [0.5, 0.6) is 0 Å². The van der Waals surface area contributed by atoms with Gasteiger partial charge in [-0.15, -0.1) is 0 Å². The maximum Gasteiger partial charge on any atom is 0.264 e. The molecule has 1 aliphatic heterocycles.